The van der Waals surface area contributed by atoms with Gasteiger partial charge < -0.3 is 15.1 Å². The van der Waals surface area contributed by atoms with E-state index in [1.165, 1.54) is 11.8 Å². The van der Waals surface area contributed by atoms with Crippen molar-refractivity contribution in [2.75, 3.05) is 13.1 Å². The van der Waals surface area contributed by atoms with Crippen LogP contribution in [0.25, 0.3) is 0 Å². The Balaban J connectivity index is 2.94. The third kappa shape index (κ3) is 4.91. The molecule has 0 fully saturated rings. The molecule has 6 heteroatoms. The molecule has 1 rings (SSSR count). The maximum absolute atomic E-state index is 12.5. The first-order valence-electron chi connectivity index (χ1n) is 6.62. The van der Waals surface area contributed by atoms with E-state index in [0.717, 1.165) is 5.56 Å². The molecule has 21 heavy (non-hydrogen) atoms. The molecule has 2 N–H and O–H groups in total. The van der Waals surface area contributed by atoms with Gasteiger partial charge in [-0.25, -0.2) is 0 Å². The molecule has 0 saturated heterocycles. The highest BCUT2D eigenvalue weighted by Gasteiger charge is 2.23. The summed E-state index contributed by atoms with van der Waals surface area (Å²) in [6.07, 6.45) is -0.218. The van der Waals surface area contributed by atoms with Crippen LogP contribution in [-0.4, -0.2) is 46.0 Å². The number of carbonyl (C=O) groups excluding carboxylic acids is 1. The van der Waals surface area contributed by atoms with Gasteiger partial charge in [-0.3, -0.25) is 14.4 Å². The summed E-state index contributed by atoms with van der Waals surface area (Å²) in [5.41, 5.74) is 1.23. The van der Waals surface area contributed by atoms with Crippen molar-refractivity contribution >= 4 is 17.8 Å². The van der Waals surface area contributed by atoms with Crippen molar-refractivity contribution in [1.29, 1.82) is 0 Å². The molecule has 0 saturated carbocycles. The Labute approximate surface area is 123 Å². The van der Waals surface area contributed by atoms with E-state index in [9.17, 15) is 14.4 Å². The summed E-state index contributed by atoms with van der Waals surface area (Å²) in [6.45, 7) is 3.24. The predicted molar refractivity (Wildman–Crippen MR) is 76.1 cm³/mol. The van der Waals surface area contributed by atoms with Crippen LogP contribution in [-0.2, 0) is 9.59 Å². The molecule has 1 atom stereocenters. The van der Waals surface area contributed by atoms with Crippen LogP contribution in [0.3, 0.4) is 0 Å². The first-order valence-corrected chi connectivity index (χ1v) is 6.62. The Morgan fingerprint density at radius 1 is 1.19 bits per heavy atom. The van der Waals surface area contributed by atoms with Gasteiger partial charge >= 0.3 is 11.9 Å². The number of carboxylic acids is 2. The largest absolute Gasteiger partial charge is 0.481 e. The topological polar surface area (TPSA) is 94.9 Å². The molecule has 0 bridgehead atoms. The number of amides is 1. The van der Waals surface area contributed by atoms with Crippen LogP contribution in [0.2, 0.25) is 0 Å². The fraction of sp³-hybridized carbons (Fsp3) is 0.400. The van der Waals surface area contributed by atoms with Gasteiger partial charge in [0.2, 0.25) is 0 Å². The highest BCUT2D eigenvalue weighted by atomic mass is 16.4. The third-order valence-electron chi connectivity index (χ3n) is 3.17. The quantitative estimate of drug-likeness (QED) is 0.796. The number of benzene rings is 1. The van der Waals surface area contributed by atoms with Crippen molar-refractivity contribution in [1.82, 2.24) is 4.90 Å². The smallest absolute Gasteiger partial charge is 0.308 e. The van der Waals surface area contributed by atoms with Crippen LogP contribution < -0.4 is 0 Å². The molecule has 1 aromatic carbocycles. The Bertz CT molecular complexity index is 541. The Kier molecular flexibility index (Phi) is 5.90. The molecule has 1 unspecified atom stereocenters. The van der Waals surface area contributed by atoms with Gasteiger partial charge in [-0.1, -0.05) is 25.1 Å². The van der Waals surface area contributed by atoms with E-state index >= 15 is 0 Å². The summed E-state index contributed by atoms with van der Waals surface area (Å²) in [4.78, 5) is 35.4. The van der Waals surface area contributed by atoms with Gasteiger partial charge in [0.25, 0.3) is 5.91 Å². The van der Waals surface area contributed by atoms with E-state index in [-0.39, 0.29) is 25.4 Å². The lowest BCUT2D eigenvalue weighted by atomic mass is 10.1. The zero-order valence-electron chi connectivity index (χ0n) is 12.1. The summed E-state index contributed by atoms with van der Waals surface area (Å²) < 4.78 is 0. The molecule has 0 aliphatic rings. The standard InChI is InChI=1S/C15H19NO5/c1-10-5-3-4-6-12(10)14(19)16(8-7-13(17)18)9-11(2)15(20)21/h3-6,11H,7-9H2,1-2H3,(H,17,18)(H,20,21). The van der Waals surface area contributed by atoms with Gasteiger partial charge in [0.05, 0.1) is 12.3 Å². The van der Waals surface area contributed by atoms with Gasteiger partial charge in [0.1, 0.15) is 0 Å². The van der Waals surface area contributed by atoms with E-state index in [2.05, 4.69) is 0 Å². The molecule has 0 heterocycles. The third-order valence-corrected chi connectivity index (χ3v) is 3.17. The molecule has 0 radical (unpaired) electrons. The van der Waals surface area contributed by atoms with Gasteiger partial charge in [-0.2, -0.15) is 0 Å². The Morgan fingerprint density at radius 3 is 2.33 bits per heavy atom. The van der Waals surface area contributed by atoms with E-state index in [0.29, 0.717) is 5.56 Å². The fourth-order valence-electron chi connectivity index (χ4n) is 1.90. The van der Waals surface area contributed by atoms with Gasteiger partial charge in [-0.05, 0) is 18.6 Å². The van der Waals surface area contributed by atoms with E-state index in [1.54, 1.807) is 31.2 Å². The number of aliphatic carboxylic acids is 2. The maximum atomic E-state index is 12.5. The summed E-state index contributed by atoms with van der Waals surface area (Å²) in [5.74, 6) is -3.15. The van der Waals surface area contributed by atoms with Crippen molar-refractivity contribution in [3.05, 3.63) is 35.4 Å². The van der Waals surface area contributed by atoms with E-state index < -0.39 is 17.9 Å². The first-order chi connectivity index (χ1) is 9.82. The Morgan fingerprint density at radius 2 is 1.81 bits per heavy atom. The monoisotopic (exact) mass is 293 g/mol. The molecular formula is C15H19NO5. The first kappa shape index (κ1) is 16.7. The Hall–Kier alpha value is -2.37. The minimum Gasteiger partial charge on any atom is -0.481 e. The van der Waals surface area contributed by atoms with Gasteiger partial charge in [0.15, 0.2) is 0 Å². The van der Waals surface area contributed by atoms with E-state index in [4.69, 9.17) is 10.2 Å². The molecule has 1 aromatic rings. The lowest BCUT2D eigenvalue weighted by Crippen LogP contribution is -2.38. The van der Waals surface area contributed by atoms with Crippen molar-refractivity contribution in [3.63, 3.8) is 0 Å². The molecule has 114 valence electrons. The predicted octanol–water partition coefficient (Wildman–Crippen LogP) is 1.63. The molecular weight excluding hydrogens is 274 g/mol. The number of rotatable bonds is 7. The zero-order chi connectivity index (χ0) is 16.0. The molecule has 0 aliphatic carbocycles. The SMILES string of the molecule is Cc1ccccc1C(=O)N(CCC(=O)O)CC(C)C(=O)O. The molecule has 0 aromatic heterocycles. The number of carboxylic acid groups (broad SMARTS) is 2. The normalized spacial score (nSPS) is 11.7. The maximum Gasteiger partial charge on any atom is 0.308 e. The minimum atomic E-state index is -1.03. The molecule has 0 aliphatic heterocycles. The second-order valence-electron chi connectivity index (χ2n) is 4.95. The summed E-state index contributed by atoms with van der Waals surface area (Å²) in [5, 5.41) is 17.7. The number of aryl methyl sites for hydroxylation is 1. The van der Waals surface area contributed by atoms with Crippen molar-refractivity contribution in [3.8, 4) is 0 Å². The van der Waals surface area contributed by atoms with Gasteiger partial charge in [0, 0.05) is 18.7 Å². The van der Waals surface area contributed by atoms with Crippen LogP contribution in [0.1, 0.15) is 29.3 Å². The molecule has 1 amide bonds. The van der Waals surface area contributed by atoms with Crippen LogP contribution >= 0.6 is 0 Å². The van der Waals surface area contributed by atoms with Crippen molar-refractivity contribution in [2.45, 2.75) is 20.3 Å². The fourth-order valence-corrected chi connectivity index (χ4v) is 1.90. The second-order valence-corrected chi connectivity index (χ2v) is 4.95. The van der Waals surface area contributed by atoms with Crippen molar-refractivity contribution < 1.29 is 24.6 Å². The van der Waals surface area contributed by atoms with E-state index in [1.807, 2.05) is 0 Å². The average molecular weight is 293 g/mol. The van der Waals surface area contributed by atoms with Crippen LogP contribution in [0.4, 0.5) is 0 Å². The zero-order valence-corrected chi connectivity index (χ0v) is 12.1. The second kappa shape index (κ2) is 7.42. The van der Waals surface area contributed by atoms with Crippen LogP contribution in [0, 0.1) is 12.8 Å². The molecule has 0 spiro atoms. The number of hydrogen-bond donors (Lipinski definition) is 2. The van der Waals surface area contributed by atoms with Crippen molar-refractivity contribution in [2.24, 2.45) is 5.92 Å². The number of nitrogens with zero attached hydrogens (tertiary/aromatic N) is 1. The summed E-state index contributed by atoms with van der Waals surface area (Å²) >= 11 is 0. The lowest BCUT2D eigenvalue weighted by Gasteiger charge is -2.24. The summed E-state index contributed by atoms with van der Waals surface area (Å²) in [7, 11) is 0. The average Bonchev–Trinajstić information content (AvgIpc) is 2.42. The highest BCUT2D eigenvalue weighted by molar-refractivity contribution is 5.96. The number of hydrogen-bond acceptors (Lipinski definition) is 3. The lowest BCUT2D eigenvalue weighted by molar-refractivity contribution is -0.141. The van der Waals surface area contributed by atoms with Gasteiger partial charge in [-0.15, -0.1) is 0 Å². The van der Waals surface area contributed by atoms with Crippen LogP contribution in [0.15, 0.2) is 24.3 Å². The van der Waals surface area contributed by atoms with Crippen LogP contribution in [0.5, 0.6) is 0 Å². The number of carbonyl (C=O) groups is 3. The summed E-state index contributed by atoms with van der Waals surface area (Å²) in [6, 6.07) is 6.95. The minimum absolute atomic E-state index is 0.0138. The highest BCUT2D eigenvalue weighted by Crippen LogP contribution is 2.13. The molecule has 6 nitrogen and oxygen atoms in total.